The van der Waals surface area contributed by atoms with Crippen molar-refractivity contribution in [3.8, 4) is 56.2 Å². The summed E-state index contributed by atoms with van der Waals surface area (Å²) >= 11 is 0. The Bertz CT molecular complexity index is 3460. The van der Waals surface area contributed by atoms with Gasteiger partial charge < -0.3 is 8.83 Å². The largest absolute Gasteiger partial charge is 0.455 e. The molecule has 0 aliphatic carbocycles. The first kappa shape index (κ1) is 32.4. The molecule has 4 heteroatoms. The van der Waals surface area contributed by atoms with Crippen LogP contribution in [0, 0.1) is 0 Å². The van der Waals surface area contributed by atoms with Gasteiger partial charge in [0.2, 0.25) is 0 Å². The van der Waals surface area contributed by atoms with Crippen molar-refractivity contribution >= 4 is 65.4 Å². The summed E-state index contributed by atoms with van der Waals surface area (Å²) in [4.78, 5) is 10.9. The van der Waals surface area contributed by atoms with Crippen LogP contribution in [-0.4, -0.2) is 9.97 Å². The lowest BCUT2D eigenvalue weighted by Gasteiger charge is -2.15. The maximum Gasteiger partial charge on any atom is 0.161 e. The molecule has 0 amide bonds. The molecule has 12 rings (SSSR count). The maximum absolute atomic E-state index is 6.59. The van der Waals surface area contributed by atoms with E-state index < -0.39 is 0 Å². The fourth-order valence-corrected chi connectivity index (χ4v) is 8.62. The van der Waals surface area contributed by atoms with Gasteiger partial charge in [-0.25, -0.2) is 9.97 Å². The van der Waals surface area contributed by atoms with E-state index in [2.05, 4.69) is 170 Å². The van der Waals surface area contributed by atoms with Crippen LogP contribution in [0.15, 0.2) is 203 Å². The van der Waals surface area contributed by atoms with Gasteiger partial charge in [-0.3, -0.25) is 0 Å². The molecule has 0 aliphatic rings. The molecule has 3 aromatic heterocycles. The third-order valence-corrected chi connectivity index (χ3v) is 11.5. The minimum Gasteiger partial charge on any atom is -0.455 e. The molecule has 0 radical (unpaired) electrons. The zero-order valence-corrected chi connectivity index (χ0v) is 31.2. The molecule has 0 aliphatic heterocycles. The van der Waals surface area contributed by atoms with Crippen LogP contribution in [0.2, 0.25) is 0 Å². The zero-order valence-electron chi connectivity index (χ0n) is 31.2. The van der Waals surface area contributed by atoms with E-state index in [0.717, 1.165) is 94.2 Å². The van der Waals surface area contributed by atoms with Crippen molar-refractivity contribution in [2.45, 2.75) is 0 Å². The minimum absolute atomic E-state index is 0.613. The highest BCUT2D eigenvalue weighted by molar-refractivity contribution is 6.11. The molecule has 58 heavy (non-hydrogen) atoms. The molecule has 0 saturated carbocycles. The van der Waals surface area contributed by atoms with Gasteiger partial charge in [-0.05, 0) is 98.4 Å². The Morgan fingerprint density at radius 2 is 0.759 bits per heavy atom. The number of para-hydroxylation sites is 4. The molecule has 3 heterocycles. The lowest BCUT2D eigenvalue weighted by atomic mass is 9.92. The molecule has 0 bridgehead atoms. The van der Waals surface area contributed by atoms with Crippen LogP contribution in [0.1, 0.15) is 0 Å². The van der Waals surface area contributed by atoms with E-state index in [9.17, 15) is 0 Å². The van der Waals surface area contributed by atoms with Crippen LogP contribution in [-0.2, 0) is 0 Å². The Kier molecular flexibility index (Phi) is 7.20. The highest BCUT2D eigenvalue weighted by Gasteiger charge is 2.21. The fraction of sp³-hybridized carbons (Fsp3) is 0. The van der Waals surface area contributed by atoms with Gasteiger partial charge in [0.1, 0.15) is 22.3 Å². The zero-order chi connectivity index (χ0) is 38.2. The molecule has 0 N–H and O–H groups in total. The number of furan rings is 2. The van der Waals surface area contributed by atoms with Crippen LogP contribution < -0.4 is 0 Å². The summed E-state index contributed by atoms with van der Waals surface area (Å²) in [5, 5.41) is 9.03. The molecule has 12 aromatic rings. The highest BCUT2D eigenvalue weighted by atomic mass is 16.3. The van der Waals surface area contributed by atoms with E-state index in [1.807, 2.05) is 24.3 Å². The SMILES string of the molecule is c1ccc2cc(-c3ccc(-c4nc(-c5cccc6c5oc5ccccc56)cc(-c5cccc6c5oc5ccccc56)n4)c(-c4ccc5ccccc5c4)c3)ccc2c1. The molecule has 0 spiro atoms. The molecular weight excluding hydrogens is 709 g/mol. The third kappa shape index (κ3) is 5.23. The highest BCUT2D eigenvalue weighted by Crippen LogP contribution is 2.42. The Morgan fingerprint density at radius 1 is 0.293 bits per heavy atom. The molecule has 0 saturated heterocycles. The average molecular weight is 741 g/mol. The van der Waals surface area contributed by atoms with Crippen LogP contribution in [0.25, 0.3) is 122 Å². The lowest BCUT2D eigenvalue weighted by Crippen LogP contribution is -1.98. The van der Waals surface area contributed by atoms with Crippen LogP contribution in [0.4, 0.5) is 0 Å². The van der Waals surface area contributed by atoms with Crippen molar-refractivity contribution in [2.75, 3.05) is 0 Å². The minimum atomic E-state index is 0.613. The van der Waals surface area contributed by atoms with Crippen molar-refractivity contribution in [1.29, 1.82) is 0 Å². The maximum atomic E-state index is 6.59. The number of aromatic nitrogens is 2. The number of hydrogen-bond acceptors (Lipinski definition) is 4. The topological polar surface area (TPSA) is 52.1 Å². The number of rotatable bonds is 5. The molecule has 0 unspecified atom stereocenters. The van der Waals surface area contributed by atoms with E-state index in [4.69, 9.17) is 18.8 Å². The second kappa shape index (κ2) is 12.9. The lowest BCUT2D eigenvalue weighted by molar-refractivity contribution is 0.669. The standard InChI is InChI=1S/C54H32N2O2/c1-3-13-35-29-37(25-23-33(35)11-1)38-27-28-44(47(31-38)39-26-24-34-12-2-4-14-36(34)30-39)54-55-48(45-19-9-17-42-40-15-5-7-21-50(40)57-52(42)45)32-49(56-54)46-20-10-18-43-41-16-6-8-22-51(41)58-53(43)46/h1-32H. The normalized spacial score (nSPS) is 11.8. The molecule has 9 aromatic carbocycles. The summed E-state index contributed by atoms with van der Waals surface area (Å²) < 4.78 is 13.2. The third-order valence-electron chi connectivity index (χ3n) is 11.5. The Balaban J connectivity index is 1.13. The second-order valence-electron chi connectivity index (χ2n) is 14.9. The quantitative estimate of drug-likeness (QED) is 0.176. The summed E-state index contributed by atoms with van der Waals surface area (Å²) in [6, 6.07) is 68.1. The predicted molar refractivity (Wildman–Crippen MR) is 239 cm³/mol. The van der Waals surface area contributed by atoms with Gasteiger partial charge in [-0.1, -0.05) is 140 Å². The first-order chi connectivity index (χ1) is 28.7. The molecule has 0 atom stereocenters. The molecule has 270 valence electrons. The summed E-state index contributed by atoms with van der Waals surface area (Å²) in [7, 11) is 0. The van der Waals surface area contributed by atoms with Crippen molar-refractivity contribution in [3.63, 3.8) is 0 Å². The smallest absolute Gasteiger partial charge is 0.161 e. The first-order valence-electron chi connectivity index (χ1n) is 19.5. The summed E-state index contributed by atoms with van der Waals surface area (Å²) in [6.07, 6.45) is 0. The molecule has 4 nitrogen and oxygen atoms in total. The van der Waals surface area contributed by atoms with Gasteiger partial charge in [0.15, 0.2) is 5.82 Å². The average Bonchev–Trinajstić information content (AvgIpc) is 3.87. The van der Waals surface area contributed by atoms with Crippen molar-refractivity contribution in [3.05, 3.63) is 194 Å². The Labute approximate surface area is 333 Å². The predicted octanol–water partition coefficient (Wildman–Crippen LogP) is 14.9. The van der Waals surface area contributed by atoms with Crippen LogP contribution >= 0.6 is 0 Å². The van der Waals surface area contributed by atoms with E-state index in [1.54, 1.807) is 0 Å². The number of fused-ring (bicyclic) bond motifs is 8. The van der Waals surface area contributed by atoms with Crippen molar-refractivity contribution in [2.24, 2.45) is 0 Å². The van der Waals surface area contributed by atoms with Crippen LogP contribution in [0.5, 0.6) is 0 Å². The summed E-state index contributed by atoms with van der Waals surface area (Å²) in [6.45, 7) is 0. The van der Waals surface area contributed by atoms with Gasteiger partial charge in [0.25, 0.3) is 0 Å². The van der Waals surface area contributed by atoms with Gasteiger partial charge in [0.05, 0.1) is 11.4 Å². The first-order valence-corrected chi connectivity index (χ1v) is 19.5. The van der Waals surface area contributed by atoms with E-state index in [-0.39, 0.29) is 0 Å². The number of hydrogen-bond donors (Lipinski definition) is 0. The molecular formula is C54H32N2O2. The Morgan fingerprint density at radius 3 is 1.36 bits per heavy atom. The van der Waals surface area contributed by atoms with Crippen molar-refractivity contribution in [1.82, 2.24) is 9.97 Å². The van der Waals surface area contributed by atoms with E-state index >= 15 is 0 Å². The second-order valence-corrected chi connectivity index (χ2v) is 14.9. The van der Waals surface area contributed by atoms with E-state index in [1.165, 1.54) is 21.5 Å². The molecule has 0 fully saturated rings. The summed E-state index contributed by atoms with van der Waals surface area (Å²) in [5.74, 6) is 0.613. The Hall–Kier alpha value is -7.82. The number of benzene rings is 9. The van der Waals surface area contributed by atoms with Crippen molar-refractivity contribution < 1.29 is 8.83 Å². The monoisotopic (exact) mass is 740 g/mol. The van der Waals surface area contributed by atoms with Gasteiger partial charge in [0, 0.05) is 38.2 Å². The summed E-state index contributed by atoms with van der Waals surface area (Å²) in [5.41, 5.74) is 11.9. The van der Waals surface area contributed by atoms with Gasteiger partial charge >= 0.3 is 0 Å². The number of nitrogens with zero attached hydrogens (tertiary/aromatic N) is 2. The van der Waals surface area contributed by atoms with Gasteiger partial charge in [-0.15, -0.1) is 0 Å². The van der Waals surface area contributed by atoms with E-state index in [0.29, 0.717) is 5.82 Å². The fourth-order valence-electron chi connectivity index (χ4n) is 8.62. The van der Waals surface area contributed by atoms with Crippen LogP contribution in [0.3, 0.4) is 0 Å². The van der Waals surface area contributed by atoms with Gasteiger partial charge in [-0.2, -0.15) is 0 Å².